The van der Waals surface area contributed by atoms with Crippen molar-refractivity contribution in [2.45, 2.75) is 25.0 Å². The second-order valence-electron chi connectivity index (χ2n) is 6.93. The van der Waals surface area contributed by atoms with Gasteiger partial charge in [-0.2, -0.15) is 0 Å². The van der Waals surface area contributed by atoms with E-state index in [0.717, 1.165) is 5.56 Å². The summed E-state index contributed by atoms with van der Waals surface area (Å²) in [6.45, 7) is 3.80. The third kappa shape index (κ3) is 6.00. The van der Waals surface area contributed by atoms with E-state index in [1.807, 2.05) is 26.0 Å². The van der Waals surface area contributed by atoms with Crippen LogP contribution in [-0.2, 0) is 11.8 Å². The number of nitrogens with zero attached hydrogens (tertiary/aromatic N) is 3. The zero-order valence-electron chi connectivity index (χ0n) is 17.1. The SMILES string of the molecule is Cc1ccc(C(=O)N[C@@H](C)c2nnc(SCC(=O)Nc3ccc(Cl)c(Cl)c3)n2C)cc1. The minimum absolute atomic E-state index is 0.135. The van der Waals surface area contributed by atoms with Crippen molar-refractivity contribution in [3.63, 3.8) is 0 Å². The summed E-state index contributed by atoms with van der Waals surface area (Å²) in [6.07, 6.45) is 0. The first-order chi connectivity index (χ1) is 14.7. The molecule has 1 atom stereocenters. The molecule has 31 heavy (non-hydrogen) atoms. The maximum Gasteiger partial charge on any atom is 0.251 e. The van der Waals surface area contributed by atoms with Crippen molar-refractivity contribution in [1.82, 2.24) is 20.1 Å². The molecular formula is C21H21Cl2N5O2S. The van der Waals surface area contributed by atoms with Gasteiger partial charge in [0.1, 0.15) is 0 Å². The second-order valence-corrected chi connectivity index (χ2v) is 8.68. The Kier molecular flexibility index (Phi) is 7.59. The van der Waals surface area contributed by atoms with E-state index in [9.17, 15) is 9.59 Å². The van der Waals surface area contributed by atoms with Gasteiger partial charge < -0.3 is 15.2 Å². The quantitative estimate of drug-likeness (QED) is 0.483. The number of aromatic nitrogens is 3. The molecule has 2 aromatic carbocycles. The van der Waals surface area contributed by atoms with Crippen LogP contribution in [0.15, 0.2) is 47.6 Å². The summed E-state index contributed by atoms with van der Waals surface area (Å²) in [4.78, 5) is 24.7. The molecule has 10 heteroatoms. The van der Waals surface area contributed by atoms with Crippen LogP contribution < -0.4 is 10.6 Å². The zero-order chi connectivity index (χ0) is 22.5. The summed E-state index contributed by atoms with van der Waals surface area (Å²) in [6, 6.07) is 11.9. The van der Waals surface area contributed by atoms with Crippen LogP contribution in [0.4, 0.5) is 5.69 Å². The van der Waals surface area contributed by atoms with Crippen molar-refractivity contribution < 1.29 is 9.59 Å². The van der Waals surface area contributed by atoms with Gasteiger partial charge in [0.15, 0.2) is 11.0 Å². The second kappa shape index (κ2) is 10.2. The summed E-state index contributed by atoms with van der Waals surface area (Å²) in [5, 5.41) is 15.3. The number of carbonyl (C=O) groups excluding carboxylic acids is 2. The van der Waals surface area contributed by atoms with Gasteiger partial charge in [-0.25, -0.2) is 0 Å². The molecule has 0 unspecified atom stereocenters. The lowest BCUT2D eigenvalue weighted by molar-refractivity contribution is -0.113. The van der Waals surface area contributed by atoms with Gasteiger partial charge in [0.25, 0.3) is 5.91 Å². The molecule has 3 rings (SSSR count). The van der Waals surface area contributed by atoms with Gasteiger partial charge in [0.2, 0.25) is 5.91 Å². The van der Waals surface area contributed by atoms with Crippen molar-refractivity contribution in [3.8, 4) is 0 Å². The monoisotopic (exact) mass is 477 g/mol. The molecule has 1 aromatic heterocycles. The van der Waals surface area contributed by atoms with E-state index in [2.05, 4.69) is 20.8 Å². The molecule has 0 spiro atoms. The van der Waals surface area contributed by atoms with E-state index in [-0.39, 0.29) is 23.6 Å². The topological polar surface area (TPSA) is 88.9 Å². The Hall–Kier alpha value is -2.55. The molecule has 2 amide bonds. The number of amides is 2. The molecule has 0 aliphatic rings. The molecule has 0 saturated heterocycles. The van der Waals surface area contributed by atoms with Crippen molar-refractivity contribution in [1.29, 1.82) is 0 Å². The number of hydrogen-bond donors (Lipinski definition) is 2. The Balaban J connectivity index is 1.57. The Morgan fingerprint density at radius 1 is 1.10 bits per heavy atom. The van der Waals surface area contributed by atoms with Gasteiger partial charge in [-0.05, 0) is 44.2 Å². The molecule has 0 bridgehead atoms. The molecule has 1 heterocycles. The first-order valence-electron chi connectivity index (χ1n) is 9.39. The standard InChI is InChI=1S/C21H21Cl2N5O2S/c1-12-4-6-14(7-5-12)20(30)24-13(2)19-26-27-21(28(19)3)31-11-18(29)25-15-8-9-16(22)17(23)10-15/h4-10,13H,11H2,1-3H3,(H,24,30)(H,25,29)/t13-/m0/s1. The van der Waals surface area contributed by atoms with Gasteiger partial charge in [-0.3, -0.25) is 9.59 Å². The Bertz CT molecular complexity index is 1100. The van der Waals surface area contributed by atoms with E-state index in [1.54, 1.807) is 41.9 Å². The van der Waals surface area contributed by atoms with Crippen molar-refractivity contribution in [2.75, 3.05) is 11.1 Å². The Labute approximate surface area is 194 Å². The molecule has 0 saturated carbocycles. The maximum absolute atomic E-state index is 12.4. The fraction of sp³-hybridized carbons (Fsp3) is 0.238. The van der Waals surface area contributed by atoms with Crippen LogP contribution in [0, 0.1) is 6.92 Å². The number of anilines is 1. The van der Waals surface area contributed by atoms with Crippen LogP contribution in [0.25, 0.3) is 0 Å². The van der Waals surface area contributed by atoms with Gasteiger partial charge >= 0.3 is 0 Å². The zero-order valence-corrected chi connectivity index (χ0v) is 19.5. The van der Waals surface area contributed by atoms with E-state index in [0.29, 0.717) is 32.3 Å². The van der Waals surface area contributed by atoms with Crippen molar-refractivity contribution >= 4 is 52.5 Å². The molecule has 7 nitrogen and oxygen atoms in total. The van der Waals surface area contributed by atoms with Crippen LogP contribution in [0.2, 0.25) is 10.0 Å². The lowest BCUT2D eigenvalue weighted by atomic mass is 10.1. The normalized spacial score (nSPS) is 11.8. The predicted octanol–water partition coefficient (Wildman–Crippen LogP) is 4.65. The Morgan fingerprint density at radius 2 is 1.81 bits per heavy atom. The highest BCUT2D eigenvalue weighted by Crippen LogP contribution is 2.25. The average molecular weight is 478 g/mol. The first-order valence-corrected chi connectivity index (χ1v) is 11.1. The number of aryl methyl sites for hydroxylation is 1. The van der Waals surface area contributed by atoms with Gasteiger partial charge in [-0.15, -0.1) is 10.2 Å². The van der Waals surface area contributed by atoms with Crippen molar-refractivity contribution in [3.05, 3.63) is 69.5 Å². The smallest absolute Gasteiger partial charge is 0.251 e. The summed E-state index contributed by atoms with van der Waals surface area (Å²) < 4.78 is 1.76. The van der Waals surface area contributed by atoms with Gasteiger partial charge in [-0.1, -0.05) is 52.7 Å². The fourth-order valence-corrected chi connectivity index (χ4v) is 3.80. The summed E-state index contributed by atoms with van der Waals surface area (Å²) in [7, 11) is 1.79. The van der Waals surface area contributed by atoms with E-state index in [4.69, 9.17) is 23.2 Å². The number of nitrogens with one attached hydrogen (secondary N) is 2. The number of halogens is 2. The van der Waals surface area contributed by atoms with Gasteiger partial charge in [0.05, 0.1) is 21.8 Å². The van der Waals surface area contributed by atoms with E-state index < -0.39 is 0 Å². The molecule has 162 valence electrons. The molecule has 0 radical (unpaired) electrons. The lowest BCUT2D eigenvalue weighted by Gasteiger charge is -2.13. The lowest BCUT2D eigenvalue weighted by Crippen LogP contribution is -2.28. The third-order valence-corrected chi connectivity index (χ3v) is 6.21. The number of hydrogen-bond acceptors (Lipinski definition) is 5. The predicted molar refractivity (Wildman–Crippen MR) is 124 cm³/mol. The minimum atomic E-state index is -0.356. The van der Waals surface area contributed by atoms with Crippen molar-refractivity contribution in [2.24, 2.45) is 7.05 Å². The number of thioether (sulfide) groups is 1. The third-order valence-electron chi connectivity index (χ3n) is 4.45. The van der Waals surface area contributed by atoms with Crippen LogP contribution in [0.5, 0.6) is 0 Å². The molecule has 0 aliphatic carbocycles. The molecule has 2 N–H and O–H groups in total. The van der Waals surface area contributed by atoms with Crippen LogP contribution in [0.3, 0.4) is 0 Å². The summed E-state index contributed by atoms with van der Waals surface area (Å²) in [5.41, 5.74) is 2.22. The maximum atomic E-state index is 12.4. The van der Waals surface area contributed by atoms with Crippen LogP contribution >= 0.6 is 35.0 Å². The average Bonchev–Trinajstić information content (AvgIpc) is 3.10. The molecule has 0 aliphatic heterocycles. The highest BCUT2D eigenvalue weighted by atomic mass is 35.5. The summed E-state index contributed by atoms with van der Waals surface area (Å²) >= 11 is 13.1. The number of benzene rings is 2. The van der Waals surface area contributed by atoms with E-state index in [1.165, 1.54) is 11.8 Å². The van der Waals surface area contributed by atoms with Crippen LogP contribution in [-0.4, -0.2) is 32.3 Å². The van der Waals surface area contributed by atoms with E-state index >= 15 is 0 Å². The fourth-order valence-electron chi connectivity index (χ4n) is 2.78. The molecule has 0 fully saturated rings. The van der Waals surface area contributed by atoms with Gasteiger partial charge in [0, 0.05) is 18.3 Å². The number of rotatable bonds is 7. The highest BCUT2D eigenvalue weighted by molar-refractivity contribution is 7.99. The number of carbonyl (C=O) groups is 2. The minimum Gasteiger partial charge on any atom is -0.342 e. The largest absolute Gasteiger partial charge is 0.342 e. The van der Waals surface area contributed by atoms with Crippen LogP contribution in [0.1, 0.15) is 34.7 Å². The highest BCUT2D eigenvalue weighted by Gasteiger charge is 2.19. The molecular weight excluding hydrogens is 457 g/mol. The molecule has 3 aromatic rings. The first kappa shape index (κ1) is 23.1. The summed E-state index contributed by atoms with van der Waals surface area (Å²) in [5.74, 6) is 0.322. The Morgan fingerprint density at radius 3 is 2.48 bits per heavy atom.